The molecule has 2 rings (SSSR count). The third-order valence-electron chi connectivity index (χ3n) is 2.06. The zero-order valence-corrected chi connectivity index (χ0v) is 8.40. The first kappa shape index (κ1) is 8.52. The first-order valence-electron chi connectivity index (χ1n) is 4.44. The zero-order valence-electron chi connectivity index (χ0n) is 7.58. The van der Waals surface area contributed by atoms with Crippen molar-refractivity contribution in [1.82, 2.24) is 0 Å². The molecule has 0 saturated heterocycles. The van der Waals surface area contributed by atoms with Gasteiger partial charge in [0.15, 0.2) is 0 Å². The summed E-state index contributed by atoms with van der Waals surface area (Å²) in [7, 11) is 0. The molecule has 0 bridgehead atoms. The predicted molar refractivity (Wildman–Crippen MR) is 58.0 cm³/mol. The van der Waals surface area contributed by atoms with E-state index in [0.717, 1.165) is 6.42 Å². The Morgan fingerprint density at radius 2 is 2.08 bits per heavy atom. The normalized spacial score (nSPS) is 10.2. The van der Waals surface area contributed by atoms with Gasteiger partial charge in [-0.05, 0) is 35.1 Å². The van der Waals surface area contributed by atoms with E-state index in [2.05, 4.69) is 36.6 Å². The zero-order chi connectivity index (χ0) is 9.10. The lowest BCUT2D eigenvalue weighted by Crippen LogP contribution is -1.71. The van der Waals surface area contributed by atoms with E-state index in [1.165, 1.54) is 16.0 Å². The Morgan fingerprint density at radius 1 is 1.31 bits per heavy atom. The van der Waals surface area contributed by atoms with Crippen molar-refractivity contribution >= 4 is 11.3 Å². The molecular formula is C12H11S. The van der Waals surface area contributed by atoms with Crippen molar-refractivity contribution < 1.29 is 0 Å². The number of hydrogen-bond acceptors (Lipinski definition) is 1. The minimum atomic E-state index is 1.12. The maximum atomic E-state index is 3.03. The highest BCUT2D eigenvalue weighted by atomic mass is 32.1. The summed E-state index contributed by atoms with van der Waals surface area (Å²) in [4.78, 5) is 1.35. The Morgan fingerprint density at radius 3 is 2.69 bits per heavy atom. The maximum Gasteiger partial charge on any atom is 0.0345 e. The van der Waals surface area contributed by atoms with Gasteiger partial charge in [0.2, 0.25) is 0 Å². The van der Waals surface area contributed by atoms with Crippen LogP contribution in [0.2, 0.25) is 0 Å². The van der Waals surface area contributed by atoms with Crippen LogP contribution in [0, 0.1) is 6.07 Å². The van der Waals surface area contributed by atoms with Gasteiger partial charge in [-0.1, -0.05) is 31.2 Å². The lowest BCUT2D eigenvalue weighted by molar-refractivity contribution is 1.16. The molecular weight excluding hydrogens is 176 g/mol. The highest BCUT2D eigenvalue weighted by Crippen LogP contribution is 2.26. The molecule has 0 amide bonds. The molecule has 0 aliphatic heterocycles. The van der Waals surface area contributed by atoms with Crippen LogP contribution in [0.3, 0.4) is 0 Å². The van der Waals surface area contributed by atoms with Gasteiger partial charge in [0, 0.05) is 4.88 Å². The Bertz CT molecular complexity index is 373. The molecule has 1 aromatic carbocycles. The van der Waals surface area contributed by atoms with Crippen molar-refractivity contribution in [2.24, 2.45) is 0 Å². The van der Waals surface area contributed by atoms with Gasteiger partial charge in [-0.3, -0.25) is 0 Å². The molecule has 1 aromatic heterocycles. The molecule has 0 aliphatic carbocycles. The summed E-state index contributed by atoms with van der Waals surface area (Å²) >= 11 is 1.81. The smallest absolute Gasteiger partial charge is 0.0345 e. The predicted octanol–water partition coefficient (Wildman–Crippen LogP) is 3.78. The third kappa shape index (κ3) is 1.81. The molecule has 65 valence electrons. The maximum absolute atomic E-state index is 3.03. The van der Waals surface area contributed by atoms with E-state index in [-0.39, 0.29) is 0 Å². The van der Waals surface area contributed by atoms with Crippen LogP contribution in [-0.4, -0.2) is 0 Å². The lowest BCUT2D eigenvalue weighted by atomic mass is 10.1. The number of hydrogen-bond donors (Lipinski definition) is 0. The van der Waals surface area contributed by atoms with Crippen LogP contribution in [-0.2, 0) is 6.42 Å². The summed E-state index contributed by atoms with van der Waals surface area (Å²) in [5.74, 6) is 0. The van der Waals surface area contributed by atoms with Crippen LogP contribution < -0.4 is 0 Å². The van der Waals surface area contributed by atoms with Crippen LogP contribution in [0.4, 0.5) is 0 Å². The van der Waals surface area contributed by atoms with Crippen molar-refractivity contribution in [3.05, 3.63) is 47.3 Å². The second-order valence-corrected chi connectivity index (χ2v) is 3.87. The fourth-order valence-corrected chi connectivity index (χ4v) is 2.27. The van der Waals surface area contributed by atoms with E-state index in [1.54, 1.807) is 0 Å². The largest absolute Gasteiger partial charge is 0.144 e. The molecule has 0 aliphatic rings. The van der Waals surface area contributed by atoms with Gasteiger partial charge in [0.25, 0.3) is 0 Å². The second-order valence-electron chi connectivity index (χ2n) is 2.96. The SMILES string of the molecule is CCc1csc(-c2cc[c]cc2)c1. The number of benzene rings is 1. The van der Waals surface area contributed by atoms with E-state index in [9.17, 15) is 0 Å². The molecule has 0 nitrogen and oxygen atoms in total. The molecule has 0 spiro atoms. The minimum Gasteiger partial charge on any atom is -0.144 e. The summed E-state index contributed by atoms with van der Waals surface area (Å²) in [5, 5.41) is 2.23. The number of rotatable bonds is 2. The molecule has 1 radical (unpaired) electrons. The average molecular weight is 187 g/mol. The van der Waals surface area contributed by atoms with Crippen molar-refractivity contribution in [2.75, 3.05) is 0 Å². The Hall–Kier alpha value is -1.08. The van der Waals surface area contributed by atoms with Gasteiger partial charge in [0.1, 0.15) is 0 Å². The fraction of sp³-hybridized carbons (Fsp3) is 0.167. The van der Waals surface area contributed by atoms with E-state index in [0.29, 0.717) is 0 Å². The van der Waals surface area contributed by atoms with E-state index >= 15 is 0 Å². The monoisotopic (exact) mass is 187 g/mol. The van der Waals surface area contributed by atoms with Crippen LogP contribution in [0.5, 0.6) is 0 Å². The third-order valence-corrected chi connectivity index (χ3v) is 3.09. The molecule has 2 aromatic rings. The molecule has 1 heterocycles. The van der Waals surface area contributed by atoms with Gasteiger partial charge in [-0.25, -0.2) is 0 Å². The van der Waals surface area contributed by atoms with E-state index in [4.69, 9.17) is 0 Å². The van der Waals surface area contributed by atoms with Crippen molar-refractivity contribution in [1.29, 1.82) is 0 Å². The Kier molecular flexibility index (Phi) is 2.46. The number of aryl methyl sites for hydroxylation is 1. The van der Waals surface area contributed by atoms with Gasteiger partial charge < -0.3 is 0 Å². The molecule has 0 unspecified atom stereocenters. The molecule has 0 atom stereocenters. The fourth-order valence-electron chi connectivity index (χ4n) is 1.26. The molecule has 0 fully saturated rings. The van der Waals surface area contributed by atoms with Crippen LogP contribution in [0.15, 0.2) is 35.7 Å². The highest BCUT2D eigenvalue weighted by Gasteiger charge is 1.99. The molecule has 0 saturated carbocycles. The van der Waals surface area contributed by atoms with Crippen LogP contribution in [0.25, 0.3) is 10.4 Å². The minimum absolute atomic E-state index is 1.12. The Balaban J connectivity index is 2.36. The van der Waals surface area contributed by atoms with E-state index in [1.807, 2.05) is 23.5 Å². The molecule has 13 heavy (non-hydrogen) atoms. The van der Waals surface area contributed by atoms with Crippen molar-refractivity contribution in [3.8, 4) is 10.4 Å². The first-order chi connectivity index (χ1) is 6.40. The Labute approximate surface area is 82.9 Å². The standard InChI is InChI=1S/C12H11S/c1-2-10-8-12(13-9-10)11-6-4-3-5-7-11/h4-9H,2H2,1H3. The van der Waals surface area contributed by atoms with Gasteiger partial charge >= 0.3 is 0 Å². The highest BCUT2D eigenvalue weighted by molar-refractivity contribution is 7.13. The summed E-state index contributed by atoms with van der Waals surface area (Å²) in [6, 6.07) is 13.4. The van der Waals surface area contributed by atoms with Gasteiger partial charge in [-0.15, -0.1) is 11.3 Å². The summed E-state index contributed by atoms with van der Waals surface area (Å²) in [6.07, 6.45) is 1.12. The topological polar surface area (TPSA) is 0 Å². The second kappa shape index (κ2) is 3.75. The number of thiophene rings is 1. The summed E-state index contributed by atoms with van der Waals surface area (Å²) in [5.41, 5.74) is 2.72. The van der Waals surface area contributed by atoms with Crippen molar-refractivity contribution in [3.63, 3.8) is 0 Å². The quantitative estimate of drug-likeness (QED) is 0.671. The van der Waals surface area contributed by atoms with Crippen LogP contribution >= 0.6 is 11.3 Å². The summed E-state index contributed by atoms with van der Waals surface area (Å²) in [6.45, 7) is 2.19. The van der Waals surface area contributed by atoms with Crippen molar-refractivity contribution in [2.45, 2.75) is 13.3 Å². The average Bonchev–Trinajstić information content (AvgIpc) is 2.67. The van der Waals surface area contributed by atoms with Crippen LogP contribution in [0.1, 0.15) is 12.5 Å². The summed E-state index contributed by atoms with van der Waals surface area (Å²) < 4.78 is 0. The van der Waals surface area contributed by atoms with Gasteiger partial charge in [-0.2, -0.15) is 0 Å². The molecule has 0 N–H and O–H groups in total. The van der Waals surface area contributed by atoms with E-state index < -0.39 is 0 Å². The molecule has 1 heteroatoms. The first-order valence-corrected chi connectivity index (χ1v) is 5.32. The lowest BCUT2D eigenvalue weighted by Gasteiger charge is -1.93. The van der Waals surface area contributed by atoms with Gasteiger partial charge in [0.05, 0.1) is 0 Å².